The summed E-state index contributed by atoms with van der Waals surface area (Å²) in [6, 6.07) is 8.54. The summed E-state index contributed by atoms with van der Waals surface area (Å²) in [6.07, 6.45) is 0. The number of thiophene rings is 1. The molecular formula is C18H18ClFN4OS2. The first kappa shape index (κ1) is 18.6. The first-order valence-electron chi connectivity index (χ1n) is 8.66. The largest absolute Gasteiger partial charge is 0.350 e. The number of para-hydroxylation sites is 1. The molecule has 3 aromatic rings. The molecule has 5 nitrogen and oxygen atoms in total. The average molecular weight is 425 g/mol. The summed E-state index contributed by atoms with van der Waals surface area (Å²) in [6.45, 7) is 4.86. The number of nitrogens with zero attached hydrogens (tertiary/aromatic N) is 3. The number of halogens is 2. The van der Waals surface area contributed by atoms with Crippen molar-refractivity contribution >= 4 is 55.5 Å². The number of hydrogen-bond donors (Lipinski definition) is 1. The SMILES string of the molecule is O=C(NCCN1CCN(c2nc3c(F)cccc3s2)CC1)c1ccc(Cl)s1. The molecule has 0 unspecified atom stereocenters. The number of anilines is 1. The van der Waals surface area contributed by atoms with Gasteiger partial charge in [-0.3, -0.25) is 9.69 Å². The molecule has 1 saturated heterocycles. The molecule has 9 heteroatoms. The fourth-order valence-corrected chi connectivity index (χ4v) is 5.04. The van der Waals surface area contributed by atoms with Crippen molar-refractivity contribution in [3.63, 3.8) is 0 Å². The molecule has 142 valence electrons. The maximum absolute atomic E-state index is 13.8. The minimum atomic E-state index is -0.267. The average Bonchev–Trinajstić information content (AvgIpc) is 3.29. The predicted molar refractivity (Wildman–Crippen MR) is 110 cm³/mol. The molecule has 0 spiro atoms. The van der Waals surface area contributed by atoms with E-state index in [4.69, 9.17) is 11.6 Å². The van der Waals surface area contributed by atoms with E-state index in [1.807, 2.05) is 6.07 Å². The van der Waals surface area contributed by atoms with E-state index in [-0.39, 0.29) is 11.7 Å². The molecule has 1 N–H and O–H groups in total. The lowest BCUT2D eigenvalue weighted by molar-refractivity contribution is 0.0952. The first-order chi connectivity index (χ1) is 13.1. The number of carbonyl (C=O) groups excluding carboxylic acids is 1. The molecule has 1 aromatic carbocycles. The number of amides is 1. The van der Waals surface area contributed by atoms with Gasteiger partial charge in [0, 0.05) is 39.3 Å². The van der Waals surface area contributed by atoms with Crippen LogP contribution < -0.4 is 10.2 Å². The summed E-state index contributed by atoms with van der Waals surface area (Å²) in [7, 11) is 0. The summed E-state index contributed by atoms with van der Waals surface area (Å²) in [5.41, 5.74) is 0.455. The molecule has 3 heterocycles. The molecule has 0 saturated carbocycles. The Morgan fingerprint density at radius 1 is 1.19 bits per heavy atom. The van der Waals surface area contributed by atoms with E-state index in [0.29, 0.717) is 21.3 Å². The number of carbonyl (C=O) groups is 1. The van der Waals surface area contributed by atoms with Crippen molar-refractivity contribution in [2.24, 2.45) is 0 Å². The smallest absolute Gasteiger partial charge is 0.261 e. The summed E-state index contributed by atoms with van der Waals surface area (Å²) < 4.78 is 15.3. The van der Waals surface area contributed by atoms with E-state index in [1.54, 1.807) is 18.2 Å². The Labute approximate surface area is 169 Å². The molecule has 0 aliphatic carbocycles. The third kappa shape index (κ3) is 4.24. The lowest BCUT2D eigenvalue weighted by Crippen LogP contribution is -2.48. The number of aromatic nitrogens is 1. The van der Waals surface area contributed by atoms with E-state index in [2.05, 4.69) is 20.1 Å². The van der Waals surface area contributed by atoms with Gasteiger partial charge in [-0.2, -0.15) is 0 Å². The number of hydrogen-bond acceptors (Lipinski definition) is 6. The van der Waals surface area contributed by atoms with Gasteiger partial charge in [-0.05, 0) is 24.3 Å². The first-order valence-corrected chi connectivity index (χ1v) is 10.7. The van der Waals surface area contributed by atoms with E-state index < -0.39 is 0 Å². The number of fused-ring (bicyclic) bond motifs is 1. The number of nitrogens with one attached hydrogen (secondary N) is 1. The van der Waals surface area contributed by atoms with Crippen LogP contribution in [0.4, 0.5) is 9.52 Å². The van der Waals surface area contributed by atoms with E-state index in [1.165, 1.54) is 28.7 Å². The van der Waals surface area contributed by atoms with Gasteiger partial charge in [0.05, 0.1) is 13.9 Å². The number of benzene rings is 1. The molecular weight excluding hydrogens is 407 g/mol. The van der Waals surface area contributed by atoms with Gasteiger partial charge in [0.2, 0.25) is 0 Å². The second-order valence-electron chi connectivity index (χ2n) is 6.27. The van der Waals surface area contributed by atoms with Crippen molar-refractivity contribution in [2.75, 3.05) is 44.2 Å². The standard InChI is InChI=1S/C18H18ClFN4OS2/c19-15-5-4-14(26-15)17(25)21-6-7-23-8-10-24(11-9-23)18-22-16-12(20)2-1-3-13(16)27-18/h1-5H,6-11H2,(H,21,25). The van der Waals surface area contributed by atoms with Crippen LogP contribution in [0.2, 0.25) is 4.34 Å². The Morgan fingerprint density at radius 3 is 2.70 bits per heavy atom. The predicted octanol–water partition coefficient (Wildman–Crippen LogP) is 3.70. The fourth-order valence-electron chi connectivity index (χ4n) is 3.05. The summed E-state index contributed by atoms with van der Waals surface area (Å²) in [4.78, 5) is 21.6. The summed E-state index contributed by atoms with van der Waals surface area (Å²) >= 11 is 8.67. The molecule has 27 heavy (non-hydrogen) atoms. The van der Waals surface area contributed by atoms with Gasteiger partial charge in [0.25, 0.3) is 5.91 Å². The molecule has 1 fully saturated rings. The molecule has 0 atom stereocenters. The third-order valence-corrected chi connectivity index (χ3v) is 6.82. The van der Waals surface area contributed by atoms with Gasteiger partial charge in [-0.1, -0.05) is 29.0 Å². The third-order valence-electron chi connectivity index (χ3n) is 4.51. The minimum absolute atomic E-state index is 0.0814. The monoisotopic (exact) mass is 424 g/mol. The maximum atomic E-state index is 13.8. The van der Waals surface area contributed by atoms with Gasteiger partial charge in [-0.15, -0.1) is 11.3 Å². The van der Waals surface area contributed by atoms with Crippen LogP contribution in [0, 0.1) is 5.82 Å². The zero-order valence-electron chi connectivity index (χ0n) is 14.5. The van der Waals surface area contributed by atoms with Gasteiger partial charge in [-0.25, -0.2) is 9.37 Å². The second-order valence-corrected chi connectivity index (χ2v) is 9.00. The van der Waals surface area contributed by atoms with Crippen molar-refractivity contribution in [1.29, 1.82) is 0 Å². The van der Waals surface area contributed by atoms with Crippen LogP contribution in [0.3, 0.4) is 0 Å². The molecule has 1 aliphatic rings. The van der Waals surface area contributed by atoms with Gasteiger partial charge >= 0.3 is 0 Å². The fraction of sp³-hybridized carbons (Fsp3) is 0.333. The van der Waals surface area contributed by atoms with E-state index in [9.17, 15) is 9.18 Å². The van der Waals surface area contributed by atoms with Crippen LogP contribution in [0.5, 0.6) is 0 Å². The topological polar surface area (TPSA) is 48.5 Å². The number of piperazine rings is 1. The van der Waals surface area contributed by atoms with Crippen LogP contribution in [0.25, 0.3) is 10.2 Å². The van der Waals surface area contributed by atoms with Gasteiger partial charge < -0.3 is 10.2 Å². The quantitative estimate of drug-likeness (QED) is 0.678. The molecule has 0 bridgehead atoms. The van der Waals surface area contributed by atoms with Gasteiger partial charge in [0.15, 0.2) is 5.13 Å². The Hall–Kier alpha value is -1.74. The highest BCUT2D eigenvalue weighted by Crippen LogP contribution is 2.30. The Kier molecular flexibility index (Phi) is 5.58. The lowest BCUT2D eigenvalue weighted by atomic mass is 10.3. The summed E-state index contributed by atoms with van der Waals surface area (Å²) in [5, 5.41) is 3.80. The molecule has 0 radical (unpaired) electrons. The molecule has 1 amide bonds. The van der Waals surface area contributed by atoms with Crippen LogP contribution in [-0.4, -0.2) is 55.1 Å². The number of thiazole rings is 1. The zero-order chi connectivity index (χ0) is 18.8. The van der Waals surface area contributed by atoms with Crippen molar-refractivity contribution in [3.8, 4) is 0 Å². The lowest BCUT2D eigenvalue weighted by Gasteiger charge is -2.34. The van der Waals surface area contributed by atoms with E-state index >= 15 is 0 Å². The van der Waals surface area contributed by atoms with Crippen LogP contribution in [-0.2, 0) is 0 Å². The van der Waals surface area contributed by atoms with Crippen molar-refractivity contribution < 1.29 is 9.18 Å². The van der Waals surface area contributed by atoms with Crippen molar-refractivity contribution in [1.82, 2.24) is 15.2 Å². The van der Waals surface area contributed by atoms with Gasteiger partial charge in [0.1, 0.15) is 11.3 Å². The van der Waals surface area contributed by atoms with E-state index in [0.717, 1.165) is 42.6 Å². The Balaban J connectivity index is 1.26. The zero-order valence-corrected chi connectivity index (χ0v) is 16.8. The second kappa shape index (κ2) is 8.10. The normalized spacial score (nSPS) is 15.4. The Bertz CT molecular complexity index is 952. The van der Waals surface area contributed by atoms with Crippen molar-refractivity contribution in [3.05, 3.63) is 45.4 Å². The number of rotatable bonds is 5. The van der Waals surface area contributed by atoms with Crippen molar-refractivity contribution in [2.45, 2.75) is 0 Å². The highest BCUT2D eigenvalue weighted by atomic mass is 35.5. The summed E-state index contributed by atoms with van der Waals surface area (Å²) in [5.74, 6) is -0.349. The molecule has 2 aromatic heterocycles. The van der Waals surface area contributed by atoms with Crippen LogP contribution >= 0.6 is 34.3 Å². The Morgan fingerprint density at radius 2 is 2.00 bits per heavy atom. The maximum Gasteiger partial charge on any atom is 0.261 e. The highest BCUT2D eigenvalue weighted by molar-refractivity contribution is 7.22. The minimum Gasteiger partial charge on any atom is -0.350 e. The highest BCUT2D eigenvalue weighted by Gasteiger charge is 2.20. The molecule has 1 aliphatic heterocycles. The molecule has 4 rings (SSSR count). The van der Waals surface area contributed by atoms with Crippen LogP contribution in [0.15, 0.2) is 30.3 Å². The van der Waals surface area contributed by atoms with Crippen LogP contribution in [0.1, 0.15) is 9.67 Å².